The van der Waals surface area contributed by atoms with Crippen LogP contribution in [0.5, 0.6) is 5.75 Å². The molecular weight excluding hydrogens is 220 g/mol. The van der Waals surface area contributed by atoms with Crippen molar-refractivity contribution in [2.75, 3.05) is 7.11 Å². The van der Waals surface area contributed by atoms with Crippen molar-refractivity contribution in [2.45, 2.75) is 13.0 Å². The minimum absolute atomic E-state index is 0.561. The zero-order valence-electron chi connectivity index (χ0n) is 9.31. The second kappa shape index (κ2) is 4.68. The Morgan fingerprint density at radius 1 is 1.25 bits per heavy atom. The summed E-state index contributed by atoms with van der Waals surface area (Å²) in [6.45, 7) is 2.03. The summed E-state index contributed by atoms with van der Waals surface area (Å²) in [6, 6.07) is 11.5. The first kappa shape index (κ1) is 11.2. The topological polar surface area (TPSA) is 29.5 Å². The molecule has 0 aliphatic rings. The largest absolute Gasteiger partial charge is 0.497 e. The Hall–Kier alpha value is -1.32. The maximum absolute atomic E-state index is 10.2. The molecule has 1 heterocycles. The van der Waals surface area contributed by atoms with Crippen LogP contribution in [0.25, 0.3) is 0 Å². The van der Waals surface area contributed by atoms with Crippen LogP contribution in [0.1, 0.15) is 21.4 Å². The highest BCUT2D eigenvalue weighted by Gasteiger charge is 2.12. The lowest BCUT2D eigenvalue weighted by atomic mass is 10.1. The van der Waals surface area contributed by atoms with Crippen molar-refractivity contribution in [3.05, 3.63) is 51.7 Å². The van der Waals surface area contributed by atoms with E-state index in [1.807, 2.05) is 43.3 Å². The summed E-state index contributed by atoms with van der Waals surface area (Å²) in [4.78, 5) is 2.17. The van der Waals surface area contributed by atoms with Gasteiger partial charge in [0.05, 0.1) is 7.11 Å². The Morgan fingerprint density at radius 3 is 2.69 bits per heavy atom. The average Bonchev–Trinajstić information content (AvgIpc) is 2.75. The number of hydrogen-bond donors (Lipinski definition) is 1. The standard InChI is InChI=1S/C13H14O2S/c1-9-6-7-12(16-9)13(14)10-4-3-5-11(8-10)15-2/h3-8,13-14H,1-2H3. The second-order valence-corrected chi connectivity index (χ2v) is 4.95. The molecule has 16 heavy (non-hydrogen) atoms. The van der Waals surface area contributed by atoms with E-state index in [0.29, 0.717) is 0 Å². The molecular formula is C13H14O2S. The number of aliphatic hydroxyl groups is 1. The predicted octanol–water partition coefficient (Wildman–Crippen LogP) is 3.15. The summed E-state index contributed by atoms with van der Waals surface area (Å²) >= 11 is 1.61. The zero-order chi connectivity index (χ0) is 11.5. The molecule has 0 saturated carbocycles. The first-order chi connectivity index (χ1) is 7.70. The number of aliphatic hydroxyl groups excluding tert-OH is 1. The van der Waals surface area contributed by atoms with E-state index in [1.54, 1.807) is 18.4 Å². The molecule has 0 radical (unpaired) electrons. The number of methoxy groups -OCH3 is 1. The van der Waals surface area contributed by atoms with Gasteiger partial charge in [0.25, 0.3) is 0 Å². The smallest absolute Gasteiger partial charge is 0.119 e. The molecule has 2 rings (SSSR count). The molecule has 84 valence electrons. The van der Waals surface area contributed by atoms with Crippen LogP contribution in [0.2, 0.25) is 0 Å². The van der Waals surface area contributed by atoms with Gasteiger partial charge in [-0.3, -0.25) is 0 Å². The van der Waals surface area contributed by atoms with Crippen molar-refractivity contribution in [1.82, 2.24) is 0 Å². The monoisotopic (exact) mass is 234 g/mol. The lowest BCUT2D eigenvalue weighted by Gasteiger charge is -2.10. The van der Waals surface area contributed by atoms with E-state index >= 15 is 0 Å². The number of aryl methyl sites for hydroxylation is 1. The second-order valence-electron chi connectivity index (χ2n) is 3.63. The summed E-state index contributed by atoms with van der Waals surface area (Å²) in [5.41, 5.74) is 0.862. The molecule has 1 aromatic carbocycles. The lowest BCUT2D eigenvalue weighted by molar-refractivity contribution is 0.223. The van der Waals surface area contributed by atoms with Crippen molar-refractivity contribution < 1.29 is 9.84 Å². The van der Waals surface area contributed by atoms with Gasteiger partial charge in [-0.05, 0) is 36.8 Å². The number of rotatable bonds is 3. The fraction of sp³-hybridized carbons (Fsp3) is 0.231. The van der Waals surface area contributed by atoms with Gasteiger partial charge >= 0.3 is 0 Å². The van der Waals surface area contributed by atoms with Gasteiger partial charge in [0.2, 0.25) is 0 Å². The van der Waals surface area contributed by atoms with E-state index in [4.69, 9.17) is 4.74 Å². The summed E-state index contributed by atoms with van der Waals surface area (Å²) in [5, 5.41) is 10.2. The highest BCUT2D eigenvalue weighted by atomic mass is 32.1. The Kier molecular flexibility index (Phi) is 3.27. The molecule has 1 aromatic heterocycles. The van der Waals surface area contributed by atoms with E-state index in [-0.39, 0.29) is 0 Å². The molecule has 1 unspecified atom stereocenters. The molecule has 0 amide bonds. The van der Waals surface area contributed by atoms with E-state index in [1.165, 1.54) is 4.88 Å². The van der Waals surface area contributed by atoms with E-state index in [0.717, 1.165) is 16.2 Å². The summed E-state index contributed by atoms with van der Waals surface area (Å²) in [5.74, 6) is 0.768. The fourth-order valence-corrected chi connectivity index (χ4v) is 2.47. The fourth-order valence-electron chi connectivity index (χ4n) is 1.58. The van der Waals surface area contributed by atoms with Gasteiger partial charge in [0.15, 0.2) is 0 Å². The quantitative estimate of drug-likeness (QED) is 0.884. The average molecular weight is 234 g/mol. The highest BCUT2D eigenvalue weighted by Crippen LogP contribution is 2.29. The Labute approximate surface area is 99.1 Å². The van der Waals surface area contributed by atoms with Crippen molar-refractivity contribution in [2.24, 2.45) is 0 Å². The van der Waals surface area contributed by atoms with Crippen LogP contribution < -0.4 is 4.74 Å². The van der Waals surface area contributed by atoms with Gasteiger partial charge in [0.1, 0.15) is 11.9 Å². The van der Waals surface area contributed by atoms with Crippen LogP contribution in [-0.4, -0.2) is 12.2 Å². The highest BCUT2D eigenvalue weighted by molar-refractivity contribution is 7.12. The minimum atomic E-state index is -0.561. The van der Waals surface area contributed by atoms with Crippen molar-refractivity contribution in [3.8, 4) is 5.75 Å². The van der Waals surface area contributed by atoms with Gasteiger partial charge in [-0.15, -0.1) is 11.3 Å². The molecule has 1 N–H and O–H groups in total. The number of hydrogen-bond acceptors (Lipinski definition) is 3. The van der Waals surface area contributed by atoms with Crippen LogP contribution in [0.15, 0.2) is 36.4 Å². The lowest BCUT2D eigenvalue weighted by Crippen LogP contribution is -1.97. The molecule has 0 bridgehead atoms. The first-order valence-electron chi connectivity index (χ1n) is 5.09. The summed E-state index contributed by atoms with van der Waals surface area (Å²) in [7, 11) is 1.63. The van der Waals surface area contributed by atoms with E-state index in [9.17, 15) is 5.11 Å². The zero-order valence-corrected chi connectivity index (χ0v) is 10.1. The SMILES string of the molecule is COc1cccc(C(O)c2ccc(C)s2)c1. The van der Waals surface area contributed by atoms with E-state index in [2.05, 4.69) is 0 Å². The van der Waals surface area contributed by atoms with E-state index < -0.39 is 6.10 Å². The van der Waals surface area contributed by atoms with Crippen LogP contribution in [0.3, 0.4) is 0 Å². The maximum Gasteiger partial charge on any atom is 0.119 e. The maximum atomic E-state index is 10.2. The number of ether oxygens (including phenoxy) is 1. The molecule has 0 spiro atoms. The Morgan fingerprint density at radius 2 is 2.06 bits per heavy atom. The predicted molar refractivity (Wildman–Crippen MR) is 66.1 cm³/mol. The van der Waals surface area contributed by atoms with Crippen molar-refractivity contribution in [1.29, 1.82) is 0 Å². The molecule has 0 fully saturated rings. The molecule has 0 saturated heterocycles. The third kappa shape index (κ3) is 2.26. The van der Waals surface area contributed by atoms with Crippen molar-refractivity contribution in [3.63, 3.8) is 0 Å². The third-order valence-electron chi connectivity index (χ3n) is 2.44. The summed E-state index contributed by atoms with van der Waals surface area (Å²) < 4.78 is 5.14. The molecule has 0 aliphatic heterocycles. The normalized spacial score (nSPS) is 12.4. The van der Waals surface area contributed by atoms with Crippen molar-refractivity contribution >= 4 is 11.3 Å². The third-order valence-corrected chi connectivity index (χ3v) is 3.49. The number of thiophene rings is 1. The van der Waals surface area contributed by atoms with Gasteiger partial charge in [-0.1, -0.05) is 12.1 Å². The Balaban J connectivity index is 2.29. The molecule has 2 nitrogen and oxygen atoms in total. The van der Waals surface area contributed by atoms with Gasteiger partial charge in [-0.25, -0.2) is 0 Å². The van der Waals surface area contributed by atoms with Gasteiger partial charge < -0.3 is 9.84 Å². The number of benzene rings is 1. The molecule has 3 heteroatoms. The Bertz CT molecular complexity index is 476. The molecule has 1 atom stereocenters. The van der Waals surface area contributed by atoms with Crippen LogP contribution in [0, 0.1) is 6.92 Å². The van der Waals surface area contributed by atoms with Gasteiger partial charge in [-0.2, -0.15) is 0 Å². The summed E-state index contributed by atoms with van der Waals surface area (Å²) in [6.07, 6.45) is -0.561. The molecule has 2 aromatic rings. The molecule has 0 aliphatic carbocycles. The minimum Gasteiger partial charge on any atom is -0.497 e. The van der Waals surface area contributed by atoms with Crippen LogP contribution in [0.4, 0.5) is 0 Å². The first-order valence-corrected chi connectivity index (χ1v) is 5.90. The van der Waals surface area contributed by atoms with Gasteiger partial charge in [0, 0.05) is 9.75 Å². The van der Waals surface area contributed by atoms with Crippen LogP contribution >= 0.6 is 11.3 Å². The van der Waals surface area contributed by atoms with Crippen LogP contribution in [-0.2, 0) is 0 Å².